The minimum absolute atomic E-state index is 0.174. The number of hydrogen-bond acceptors (Lipinski definition) is 3. The van der Waals surface area contributed by atoms with Crippen molar-refractivity contribution in [1.82, 2.24) is 5.32 Å². The van der Waals surface area contributed by atoms with E-state index >= 15 is 0 Å². The summed E-state index contributed by atoms with van der Waals surface area (Å²) in [6.45, 7) is 4.94. The van der Waals surface area contributed by atoms with Gasteiger partial charge in [-0.1, -0.05) is 6.92 Å². The normalized spacial score (nSPS) is 13.2. The van der Waals surface area contributed by atoms with Crippen molar-refractivity contribution in [3.8, 4) is 0 Å². The number of hydrogen-bond donors (Lipinski definition) is 1. The summed E-state index contributed by atoms with van der Waals surface area (Å²) in [5, 5.41) is 3.44. The van der Waals surface area contributed by atoms with Crippen molar-refractivity contribution in [2.45, 2.75) is 39.2 Å². The van der Waals surface area contributed by atoms with Crippen LogP contribution >= 0.6 is 27.3 Å². The summed E-state index contributed by atoms with van der Waals surface area (Å²) in [4.78, 5) is 2.45. The van der Waals surface area contributed by atoms with Gasteiger partial charge >= 0.3 is 0 Å². The molecule has 1 rings (SSSR count). The minimum Gasteiger partial charge on any atom is -0.375 e. The number of nitrogens with one attached hydrogen (secondary N) is 1. The van der Waals surface area contributed by atoms with Gasteiger partial charge in [0.25, 0.3) is 6.43 Å². The van der Waals surface area contributed by atoms with Crippen LogP contribution in [0.1, 0.15) is 35.6 Å². The lowest BCUT2D eigenvalue weighted by Gasteiger charge is -2.17. The highest BCUT2D eigenvalue weighted by Gasteiger charge is 2.15. The monoisotopic (exact) mass is 355 g/mol. The number of rotatable bonds is 9. The molecule has 0 fully saturated rings. The predicted octanol–water partition coefficient (Wildman–Crippen LogP) is 4.53. The fourth-order valence-electron chi connectivity index (χ4n) is 1.69. The molecule has 0 aliphatic heterocycles. The Morgan fingerprint density at radius 2 is 2.21 bits per heavy atom. The second-order valence-electron chi connectivity index (χ2n) is 4.31. The molecule has 0 spiro atoms. The average molecular weight is 356 g/mol. The Morgan fingerprint density at radius 1 is 1.47 bits per heavy atom. The van der Waals surface area contributed by atoms with E-state index in [1.54, 1.807) is 11.3 Å². The summed E-state index contributed by atoms with van der Waals surface area (Å²) < 4.78 is 30.1. The van der Waals surface area contributed by atoms with Crippen LogP contribution in [0, 0.1) is 6.92 Å². The van der Waals surface area contributed by atoms with E-state index in [0.717, 1.165) is 17.4 Å². The van der Waals surface area contributed by atoms with Gasteiger partial charge in [0.2, 0.25) is 0 Å². The van der Waals surface area contributed by atoms with Crippen LogP contribution in [-0.2, 0) is 4.74 Å². The molecule has 19 heavy (non-hydrogen) atoms. The Balaban J connectivity index is 2.51. The zero-order valence-electron chi connectivity index (χ0n) is 11.2. The van der Waals surface area contributed by atoms with E-state index in [4.69, 9.17) is 4.74 Å². The number of aryl methyl sites for hydroxylation is 1. The highest BCUT2D eigenvalue weighted by atomic mass is 79.9. The van der Waals surface area contributed by atoms with Crippen LogP contribution in [0.5, 0.6) is 0 Å². The van der Waals surface area contributed by atoms with Crippen molar-refractivity contribution < 1.29 is 13.5 Å². The van der Waals surface area contributed by atoms with E-state index < -0.39 is 13.0 Å². The zero-order chi connectivity index (χ0) is 14.3. The summed E-state index contributed by atoms with van der Waals surface area (Å²) in [5.74, 6) is 0. The molecule has 1 heterocycles. The van der Waals surface area contributed by atoms with Gasteiger partial charge in [-0.25, -0.2) is 8.78 Å². The summed E-state index contributed by atoms with van der Waals surface area (Å²) in [6.07, 6.45) is -0.640. The number of ether oxygens (including phenoxy) is 1. The Labute approximate surface area is 125 Å². The van der Waals surface area contributed by atoms with E-state index in [1.807, 2.05) is 0 Å². The van der Waals surface area contributed by atoms with Crippen molar-refractivity contribution in [3.63, 3.8) is 0 Å². The van der Waals surface area contributed by atoms with Crippen LogP contribution in [-0.4, -0.2) is 26.2 Å². The lowest BCUT2D eigenvalue weighted by molar-refractivity contribution is 0.0144. The topological polar surface area (TPSA) is 21.3 Å². The molecule has 1 unspecified atom stereocenters. The van der Waals surface area contributed by atoms with Crippen LogP contribution < -0.4 is 5.32 Å². The third-order valence-corrected chi connectivity index (χ3v) is 4.91. The molecule has 0 amide bonds. The van der Waals surface area contributed by atoms with Gasteiger partial charge in [0, 0.05) is 26.9 Å². The van der Waals surface area contributed by atoms with Crippen LogP contribution in [0.2, 0.25) is 0 Å². The molecule has 0 bridgehead atoms. The lowest BCUT2D eigenvalue weighted by Crippen LogP contribution is -2.23. The van der Waals surface area contributed by atoms with Gasteiger partial charge < -0.3 is 10.1 Å². The number of halogens is 3. The molecule has 1 aromatic rings. The predicted molar refractivity (Wildman–Crippen MR) is 79.2 cm³/mol. The van der Waals surface area contributed by atoms with Crippen LogP contribution in [0.15, 0.2) is 10.5 Å². The van der Waals surface area contributed by atoms with Gasteiger partial charge in [0.1, 0.15) is 6.61 Å². The maximum absolute atomic E-state index is 12.0. The molecule has 0 aromatic carbocycles. The van der Waals surface area contributed by atoms with E-state index in [2.05, 4.69) is 41.2 Å². The minimum atomic E-state index is -2.39. The maximum atomic E-state index is 12.0. The van der Waals surface area contributed by atoms with Gasteiger partial charge in [-0.3, -0.25) is 0 Å². The summed E-state index contributed by atoms with van der Waals surface area (Å²) >= 11 is 5.23. The first kappa shape index (κ1) is 17.0. The molecule has 0 aliphatic rings. The number of thiophene rings is 1. The highest BCUT2D eigenvalue weighted by Crippen LogP contribution is 2.32. The van der Waals surface area contributed by atoms with Crippen molar-refractivity contribution in [1.29, 1.82) is 0 Å². The van der Waals surface area contributed by atoms with E-state index in [0.29, 0.717) is 13.0 Å². The van der Waals surface area contributed by atoms with Crippen LogP contribution in [0.25, 0.3) is 0 Å². The molecule has 0 radical (unpaired) electrons. The summed E-state index contributed by atoms with van der Waals surface area (Å²) in [5.41, 5.74) is 0. The molecular weight excluding hydrogens is 336 g/mol. The Bertz CT molecular complexity index is 354. The second-order valence-corrected chi connectivity index (χ2v) is 6.46. The van der Waals surface area contributed by atoms with E-state index in [-0.39, 0.29) is 6.04 Å². The standard InChI is InChI=1S/C13H20BrF2NOS/c1-3-5-17-11(4-6-18-8-13(15)16)12-7-10(14)9(2)19-12/h7,11,13,17H,3-6,8H2,1-2H3. The largest absolute Gasteiger partial charge is 0.375 e. The van der Waals surface area contributed by atoms with E-state index in [9.17, 15) is 8.78 Å². The molecule has 1 atom stereocenters. The molecule has 1 N–H and O–H groups in total. The second kappa shape index (κ2) is 9.00. The van der Waals surface area contributed by atoms with Crippen molar-refractivity contribution >= 4 is 27.3 Å². The van der Waals surface area contributed by atoms with Gasteiger partial charge in [0.15, 0.2) is 0 Å². The zero-order valence-corrected chi connectivity index (χ0v) is 13.6. The third-order valence-electron chi connectivity index (χ3n) is 2.66. The van der Waals surface area contributed by atoms with Crippen molar-refractivity contribution in [2.24, 2.45) is 0 Å². The van der Waals surface area contributed by atoms with Crippen LogP contribution in [0.4, 0.5) is 8.78 Å². The Kier molecular flexibility index (Phi) is 8.06. The Morgan fingerprint density at radius 3 is 2.74 bits per heavy atom. The van der Waals surface area contributed by atoms with Crippen molar-refractivity contribution in [2.75, 3.05) is 19.8 Å². The fraction of sp³-hybridized carbons (Fsp3) is 0.692. The first-order chi connectivity index (χ1) is 9.04. The smallest absolute Gasteiger partial charge is 0.261 e. The van der Waals surface area contributed by atoms with Crippen LogP contribution in [0.3, 0.4) is 0 Å². The lowest BCUT2D eigenvalue weighted by atomic mass is 10.1. The van der Waals surface area contributed by atoms with Gasteiger partial charge in [-0.15, -0.1) is 11.3 Å². The Hall–Kier alpha value is -0.0400. The molecule has 2 nitrogen and oxygen atoms in total. The fourth-order valence-corrected chi connectivity index (χ4v) is 3.36. The summed E-state index contributed by atoms with van der Waals surface area (Å²) in [7, 11) is 0. The first-order valence-electron chi connectivity index (χ1n) is 6.39. The quantitative estimate of drug-likeness (QED) is 0.657. The van der Waals surface area contributed by atoms with Gasteiger partial charge in [-0.2, -0.15) is 0 Å². The van der Waals surface area contributed by atoms with E-state index in [1.165, 1.54) is 9.75 Å². The molecule has 0 saturated heterocycles. The highest BCUT2D eigenvalue weighted by molar-refractivity contribution is 9.10. The van der Waals surface area contributed by atoms with Crippen molar-refractivity contribution in [3.05, 3.63) is 20.3 Å². The average Bonchev–Trinajstić information content (AvgIpc) is 2.68. The third kappa shape index (κ3) is 6.29. The summed E-state index contributed by atoms with van der Waals surface area (Å²) in [6, 6.07) is 2.27. The number of alkyl halides is 2. The maximum Gasteiger partial charge on any atom is 0.261 e. The first-order valence-corrected chi connectivity index (χ1v) is 8.00. The SMILES string of the molecule is CCCNC(CCOCC(F)F)c1cc(Br)c(C)s1. The molecule has 1 aromatic heterocycles. The molecule has 0 saturated carbocycles. The van der Waals surface area contributed by atoms with Gasteiger partial charge in [-0.05, 0) is 48.3 Å². The molecular formula is C13H20BrF2NOS. The molecule has 0 aliphatic carbocycles. The molecule has 110 valence electrons. The van der Waals surface area contributed by atoms with Gasteiger partial charge in [0.05, 0.1) is 0 Å². The molecule has 6 heteroatoms.